The molecule has 0 fully saturated rings. The summed E-state index contributed by atoms with van der Waals surface area (Å²) in [4.78, 5) is 12.8. The highest BCUT2D eigenvalue weighted by molar-refractivity contribution is 7.91. The molecule has 1 aromatic carbocycles. The first-order chi connectivity index (χ1) is 14.0. The van der Waals surface area contributed by atoms with Gasteiger partial charge >= 0.3 is 6.03 Å². The summed E-state index contributed by atoms with van der Waals surface area (Å²) in [5, 5.41) is 13.0. The number of ether oxygens (including phenoxy) is 2. The zero-order chi connectivity index (χ0) is 20.2. The lowest BCUT2D eigenvalue weighted by molar-refractivity contribution is 0.0920. The lowest BCUT2D eigenvalue weighted by Crippen LogP contribution is -2.22. The third kappa shape index (κ3) is 3.11. The van der Waals surface area contributed by atoms with Crippen LogP contribution in [0.4, 0.5) is 10.5 Å². The van der Waals surface area contributed by atoms with E-state index in [1.54, 1.807) is 11.8 Å². The molecule has 2 heterocycles. The third-order valence-electron chi connectivity index (χ3n) is 5.78. The summed E-state index contributed by atoms with van der Waals surface area (Å²) in [6, 6.07) is 1.54. The predicted molar refractivity (Wildman–Crippen MR) is 106 cm³/mol. The van der Waals surface area contributed by atoms with Crippen molar-refractivity contribution in [1.29, 1.82) is 0 Å². The Balaban J connectivity index is 1.42. The Morgan fingerprint density at radius 3 is 2.93 bits per heavy atom. The highest BCUT2D eigenvalue weighted by atomic mass is 32.2. The summed E-state index contributed by atoms with van der Waals surface area (Å²) < 4.78 is 29.2. The Morgan fingerprint density at radius 2 is 2.17 bits per heavy atom. The van der Waals surface area contributed by atoms with Crippen molar-refractivity contribution in [2.75, 3.05) is 19.0 Å². The van der Waals surface area contributed by atoms with Crippen molar-refractivity contribution in [2.45, 2.75) is 49.6 Å². The molecule has 3 N–H and O–H groups in total. The maximum absolute atomic E-state index is 13.1. The van der Waals surface area contributed by atoms with E-state index < -0.39 is 15.9 Å². The van der Waals surface area contributed by atoms with E-state index in [9.17, 15) is 9.00 Å². The van der Waals surface area contributed by atoms with Crippen molar-refractivity contribution in [3.05, 3.63) is 34.5 Å². The predicted octanol–water partition coefficient (Wildman–Crippen LogP) is 1.81. The molecule has 0 bridgehead atoms. The fourth-order valence-electron chi connectivity index (χ4n) is 4.36. The molecule has 29 heavy (non-hydrogen) atoms. The number of carbonyl (C=O) groups excluding carboxylic acids is 1. The zero-order valence-corrected chi connectivity index (χ0v) is 17.0. The van der Waals surface area contributed by atoms with Crippen LogP contribution >= 0.6 is 0 Å². The molecule has 0 unspecified atom stereocenters. The largest absolute Gasteiger partial charge is 0.469 e. The molecule has 0 radical (unpaired) electrons. The minimum Gasteiger partial charge on any atom is -0.469 e. The molecule has 2 aliphatic carbocycles. The van der Waals surface area contributed by atoms with Crippen LogP contribution in [0.25, 0.3) is 0 Å². The molecule has 1 aliphatic heterocycles. The van der Waals surface area contributed by atoms with Crippen molar-refractivity contribution in [3.63, 3.8) is 0 Å². The minimum absolute atomic E-state index is 0.123. The van der Waals surface area contributed by atoms with Gasteiger partial charge in [0.25, 0.3) is 0 Å². The van der Waals surface area contributed by atoms with E-state index in [1.807, 2.05) is 0 Å². The van der Waals surface area contributed by atoms with Gasteiger partial charge in [-0.2, -0.15) is 5.10 Å². The van der Waals surface area contributed by atoms with Crippen LogP contribution in [0.2, 0.25) is 0 Å². The van der Waals surface area contributed by atoms with Crippen LogP contribution in [0.3, 0.4) is 0 Å². The summed E-state index contributed by atoms with van der Waals surface area (Å²) in [6.07, 6.45) is 6.11. The smallest absolute Gasteiger partial charge is 0.354 e. The van der Waals surface area contributed by atoms with Crippen LogP contribution in [0, 0.1) is 0 Å². The number of aryl methyl sites for hydroxylation is 2. The van der Waals surface area contributed by atoms with Crippen LogP contribution in [-0.2, 0) is 46.9 Å². The number of anilines is 1. The number of methoxy groups -OCH3 is 1. The molecule has 9 nitrogen and oxygen atoms in total. The number of urea groups is 1. The number of nitrogens with one attached hydrogen (secondary N) is 1. The molecular weight excluding hydrogens is 394 g/mol. The molecule has 0 saturated heterocycles. The van der Waals surface area contributed by atoms with Gasteiger partial charge in [0.2, 0.25) is 5.88 Å². The van der Waals surface area contributed by atoms with Crippen molar-refractivity contribution < 1.29 is 18.5 Å². The lowest BCUT2D eigenvalue weighted by atomic mass is 9.83. The highest BCUT2D eigenvalue weighted by Crippen LogP contribution is 2.39. The molecule has 2 amide bonds. The molecular formula is C19H23N5O4S. The Bertz CT molecular complexity index is 1130. The van der Waals surface area contributed by atoms with Crippen LogP contribution in [0.5, 0.6) is 5.88 Å². The van der Waals surface area contributed by atoms with Crippen molar-refractivity contribution in [1.82, 2.24) is 9.78 Å². The van der Waals surface area contributed by atoms with Crippen molar-refractivity contribution in [2.24, 2.45) is 9.50 Å². The van der Waals surface area contributed by atoms with Crippen LogP contribution in [0.1, 0.15) is 28.7 Å². The summed E-state index contributed by atoms with van der Waals surface area (Å²) in [7, 11) is -1.93. The number of hydrogen-bond donors (Lipinski definition) is 2. The maximum Gasteiger partial charge on any atom is 0.354 e. The molecule has 1 aromatic heterocycles. The van der Waals surface area contributed by atoms with Gasteiger partial charge in [-0.15, -0.1) is 4.36 Å². The van der Waals surface area contributed by atoms with Gasteiger partial charge in [0.05, 0.1) is 19.3 Å². The first-order valence-corrected chi connectivity index (χ1v) is 11.3. The molecule has 0 spiro atoms. The normalized spacial score (nSPS) is 20.7. The number of hydrogen-bond acceptors (Lipinski definition) is 5. The molecule has 154 valence electrons. The van der Waals surface area contributed by atoms with Gasteiger partial charge in [-0.3, -0.25) is 0 Å². The van der Waals surface area contributed by atoms with E-state index in [0.29, 0.717) is 13.2 Å². The van der Waals surface area contributed by atoms with E-state index in [0.717, 1.165) is 43.4 Å². The van der Waals surface area contributed by atoms with E-state index in [-0.39, 0.29) is 16.9 Å². The SMILES string of the molecule is COC[C@H]1Cn2ncc([S@](N)(=O)=NC(=O)Nc3c4c(cc5c3CC5)CCC4)c2O1. The number of aromatic nitrogens is 2. The van der Waals surface area contributed by atoms with Gasteiger partial charge in [-0.1, -0.05) is 6.07 Å². The molecule has 5 rings (SSSR count). The van der Waals surface area contributed by atoms with E-state index >= 15 is 0 Å². The van der Waals surface area contributed by atoms with E-state index in [4.69, 9.17) is 14.6 Å². The number of nitrogens with zero attached hydrogens (tertiary/aromatic N) is 3. The third-order valence-corrected chi connectivity index (χ3v) is 7.12. The maximum atomic E-state index is 13.1. The monoisotopic (exact) mass is 417 g/mol. The minimum atomic E-state index is -3.51. The zero-order valence-electron chi connectivity index (χ0n) is 16.1. The van der Waals surface area contributed by atoms with Gasteiger partial charge in [0.15, 0.2) is 9.92 Å². The van der Waals surface area contributed by atoms with Gasteiger partial charge < -0.3 is 14.8 Å². The topological polar surface area (TPSA) is 121 Å². The Hall–Kier alpha value is -2.43. The molecule has 3 aliphatic rings. The number of carbonyl (C=O) groups is 1. The summed E-state index contributed by atoms with van der Waals surface area (Å²) in [5.41, 5.74) is 5.74. The fraction of sp³-hybridized carbons (Fsp3) is 0.474. The fourth-order valence-corrected chi connectivity index (χ4v) is 5.36. The molecule has 0 saturated carbocycles. The van der Waals surface area contributed by atoms with Gasteiger partial charge in [-0.05, 0) is 54.4 Å². The van der Waals surface area contributed by atoms with Crippen molar-refractivity contribution >= 4 is 21.6 Å². The second-order valence-electron chi connectivity index (χ2n) is 7.66. The number of rotatable bonds is 4. The Labute approximate surface area is 168 Å². The van der Waals surface area contributed by atoms with Crippen LogP contribution < -0.4 is 15.2 Å². The second kappa shape index (κ2) is 6.82. The van der Waals surface area contributed by atoms with Gasteiger partial charge in [0, 0.05) is 12.8 Å². The molecule has 10 heteroatoms. The summed E-state index contributed by atoms with van der Waals surface area (Å²) in [6.45, 7) is 0.837. The van der Waals surface area contributed by atoms with Crippen LogP contribution in [0.15, 0.2) is 21.5 Å². The average Bonchev–Trinajstić information content (AvgIpc) is 3.32. The highest BCUT2D eigenvalue weighted by Gasteiger charge is 2.31. The Kier molecular flexibility index (Phi) is 4.37. The van der Waals surface area contributed by atoms with Crippen molar-refractivity contribution in [3.8, 4) is 5.88 Å². The number of benzene rings is 1. The number of amides is 2. The first kappa shape index (κ1) is 18.6. The molecule has 2 atom stereocenters. The summed E-state index contributed by atoms with van der Waals surface area (Å²) >= 11 is 0. The molecule has 2 aromatic rings. The van der Waals surface area contributed by atoms with E-state index in [2.05, 4.69) is 20.8 Å². The summed E-state index contributed by atoms with van der Waals surface area (Å²) in [5.74, 6) is 0.279. The number of fused-ring (bicyclic) bond motifs is 3. The lowest BCUT2D eigenvalue weighted by Gasteiger charge is -2.25. The van der Waals surface area contributed by atoms with Gasteiger partial charge in [0.1, 0.15) is 11.0 Å². The number of nitrogens with two attached hydrogens (primary N) is 1. The standard InChI is InChI=1S/C19H23N5O4S/c1-27-10-13-9-24-18(28-13)16(8-21-24)29(20,26)23-19(25)22-17-14-4-2-3-11(14)7-12-5-6-15(12)17/h7-8,13H,2-6,9-10H2,1H3,(H3,20,22,23,25,26)/t13-,29-/m1/s1. The van der Waals surface area contributed by atoms with E-state index in [1.165, 1.54) is 22.9 Å². The quantitative estimate of drug-likeness (QED) is 0.786. The second-order valence-corrected chi connectivity index (χ2v) is 9.42. The van der Waals surface area contributed by atoms with Crippen LogP contribution in [-0.4, -0.2) is 39.8 Å². The average molecular weight is 417 g/mol. The first-order valence-electron chi connectivity index (χ1n) is 9.70. The van der Waals surface area contributed by atoms with Gasteiger partial charge in [-0.25, -0.2) is 18.8 Å². The Morgan fingerprint density at radius 1 is 1.38 bits per heavy atom.